The number of aromatic nitrogens is 2. The Morgan fingerprint density at radius 2 is 2.40 bits per heavy atom. The van der Waals surface area contributed by atoms with E-state index in [-0.39, 0.29) is 5.56 Å². The molecule has 1 aliphatic carbocycles. The zero-order valence-corrected chi connectivity index (χ0v) is 9.23. The fraction of sp³-hybridized carbons (Fsp3) is 0.636. The maximum absolute atomic E-state index is 11.6. The predicted molar refractivity (Wildman–Crippen MR) is 58.8 cm³/mol. The molecule has 0 spiro atoms. The Morgan fingerprint density at radius 1 is 1.67 bits per heavy atom. The normalized spacial score (nSPS) is 17.7. The van der Waals surface area contributed by atoms with Crippen molar-refractivity contribution in [2.45, 2.75) is 32.4 Å². The van der Waals surface area contributed by atoms with Gasteiger partial charge in [0.2, 0.25) is 0 Å². The third kappa shape index (κ3) is 2.45. The maximum Gasteiger partial charge on any atom is 0.267 e. The lowest BCUT2D eigenvalue weighted by Gasteiger charge is -2.15. The van der Waals surface area contributed by atoms with E-state index < -0.39 is 0 Å². The average Bonchev–Trinajstić information content (AvgIpc) is 3.00. The number of hydrogen-bond donors (Lipinski definition) is 1. The van der Waals surface area contributed by atoms with Crippen LogP contribution >= 0.6 is 0 Å². The van der Waals surface area contributed by atoms with Gasteiger partial charge in [0, 0.05) is 12.1 Å². The molecule has 82 valence electrons. The topological polar surface area (TPSA) is 46.9 Å². The summed E-state index contributed by atoms with van der Waals surface area (Å²) in [6.07, 6.45) is 4.28. The Bertz CT molecular complexity index is 395. The minimum absolute atomic E-state index is 0.00380. The molecular formula is C11H17N3O. The molecule has 1 saturated carbocycles. The van der Waals surface area contributed by atoms with Crippen LogP contribution < -0.4 is 10.9 Å². The van der Waals surface area contributed by atoms with Crippen molar-refractivity contribution < 1.29 is 0 Å². The fourth-order valence-corrected chi connectivity index (χ4v) is 1.82. The van der Waals surface area contributed by atoms with Gasteiger partial charge in [-0.25, -0.2) is 4.68 Å². The third-order valence-electron chi connectivity index (χ3n) is 2.94. The van der Waals surface area contributed by atoms with Gasteiger partial charge in [-0.3, -0.25) is 4.79 Å². The SMILES string of the molecule is CNC(Cn1ncc(C)cc1=O)C1CC1. The van der Waals surface area contributed by atoms with Gasteiger partial charge in [-0.1, -0.05) is 0 Å². The molecule has 0 amide bonds. The summed E-state index contributed by atoms with van der Waals surface area (Å²) >= 11 is 0. The van der Waals surface area contributed by atoms with E-state index in [0.29, 0.717) is 12.6 Å². The van der Waals surface area contributed by atoms with E-state index in [9.17, 15) is 4.79 Å². The van der Waals surface area contributed by atoms with Gasteiger partial charge in [0.25, 0.3) is 5.56 Å². The largest absolute Gasteiger partial charge is 0.315 e. The molecule has 1 N–H and O–H groups in total. The highest BCUT2D eigenvalue weighted by Crippen LogP contribution is 2.32. The zero-order valence-electron chi connectivity index (χ0n) is 9.23. The molecule has 1 aromatic heterocycles. The van der Waals surface area contributed by atoms with Crippen molar-refractivity contribution in [1.29, 1.82) is 0 Å². The minimum Gasteiger partial charge on any atom is -0.315 e. The van der Waals surface area contributed by atoms with Crippen molar-refractivity contribution in [3.05, 3.63) is 28.2 Å². The van der Waals surface area contributed by atoms with Crippen LogP contribution in [0.1, 0.15) is 18.4 Å². The lowest BCUT2D eigenvalue weighted by atomic mass is 10.2. The Labute approximate surface area is 89.3 Å². The molecule has 1 aliphatic rings. The van der Waals surface area contributed by atoms with Gasteiger partial charge in [-0.05, 0) is 38.3 Å². The Hall–Kier alpha value is -1.16. The van der Waals surface area contributed by atoms with Gasteiger partial charge in [0.1, 0.15) is 0 Å². The molecule has 0 aromatic carbocycles. The van der Waals surface area contributed by atoms with E-state index in [1.54, 1.807) is 16.9 Å². The van der Waals surface area contributed by atoms with Crippen molar-refractivity contribution in [2.24, 2.45) is 5.92 Å². The van der Waals surface area contributed by atoms with Crippen LogP contribution in [0.4, 0.5) is 0 Å². The van der Waals surface area contributed by atoms with E-state index in [2.05, 4.69) is 10.4 Å². The standard InChI is InChI=1S/C11H17N3O/c1-8-5-11(15)14(13-6-8)7-10(12-2)9-3-4-9/h5-6,9-10,12H,3-4,7H2,1-2H3. The van der Waals surface area contributed by atoms with Crippen LogP contribution in [0.5, 0.6) is 0 Å². The second kappa shape index (κ2) is 4.14. The summed E-state index contributed by atoms with van der Waals surface area (Å²) in [6.45, 7) is 2.56. The molecule has 0 saturated heterocycles. The molecule has 2 rings (SSSR count). The van der Waals surface area contributed by atoms with E-state index in [1.807, 2.05) is 14.0 Å². The van der Waals surface area contributed by atoms with E-state index >= 15 is 0 Å². The van der Waals surface area contributed by atoms with E-state index in [0.717, 1.165) is 11.5 Å². The van der Waals surface area contributed by atoms with Gasteiger partial charge in [0.15, 0.2) is 0 Å². The highest BCUT2D eigenvalue weighted by atomic mass is 16.1. The summed E-state index contributed by atoms with van der Waals surface area (Å²) in [5.41, 5.74) is 0.916. The summed E-state index contributed by atoms with van der Waals surface area (Å²) in [5.74, 6) is 0.727. The fourth-order valence-electron chi connectivity index (χ4n) is 1.82. The molecular weight excluding hydrogens is 190 g/mol. The maximum atomic E-state index is 11.6. The van der Waals surface area contributed by atoms with Crippen LogP contribution in [0.25, 0.3) is 0 Å². The van der Waals surface area contributed by atoms with Crippen LogP contribution in [0.2, 0.25) is 0 Å². The number of rotatable bonds is 4. The minimum atomic E-state index is -0.00380. The molecule has 0 bridgehead atoms. The van der Waals surface area contributed by atoms with Crippen LogP contribution in [-0.4, -0.2) is 22.9 Å². The van der Waals surface area contributed by atoms with E-state index in [1.165, 1.54) is 12.8 Å². The quantitative estimate of drug-likeness (QED) is 0.784. The number of hydrogen-bond acceptors (Lipinski definition) is 3. The Kier molecular flexibility index (Phi) is 2.86. The molecule has 1 unspecified atom stereocenters. The second-order valence-electron chi connectivity index (χ2n) is 4.29. The molecule has 0 aliphatic heterocycles. The average molecular weight is 207 g/mol. The summed E-state index contributed by atoms with van der Waals surface area (Å²) in [6, 6.07) is 2.02. The number of likely N-dealkylation sites (N-methyl/N-ethyl adjacent to an activating group) is 1. The smallest absolute Gasteiger partial charge is 0.267 e. The molecule has 1 fully saturated rings. The number of aryl methyl sites for hydroxylation is 1. The van der Waals surface area contributed by atoms with Crippen molar-refractivity contribution >= 4 is 0 Å². The first-order chi connectivity index (χ1) is 7.20. The van der Waals surface area contributed by atoms with Gasteiger partial charge in [-0.15, -0.1) is 0 Å². The second-order valence-corrected chi connectivity index (χ2v) is 4.29. The first-order valence-electron chi connectivity index (χ1n) is 5.41. The lowest BCUT2D eigenvalue weighted by molar-refractivity contribution is 0.402. The Balaban J connectivity index is 2.12. The molecule has 1 heterocycles. The molecule has 4 nitrogen and oxygen atoms in total. The molecule has 15 heavy (non-hydrogen) atoms. The molecule has 0 radical (unpaired) electrons. The van der Waals surface area contributed by atoms with Crippen LogP contribution in [0.3, 0.4) is 0 Å². The highest BCUT2D eigenvalue weighted by molar-refractivity contribution is 5.02. The van der Waals surface area contributed by atoms with E-state index in [4.69, 9.17) is 0 Å². The van der Waals surface area contributed by atoms with Crippen molar-refractivity contribution in [3.8, 4) is 0 Å². The first kappa shape index (κ1) is 10.4. The zero-order chi connectivity index (χ0) is 10.8. The van der Waals surface area contributed by atoms with Crippen molar-refractivity contribution in [3.63, 3.8) is 0 Å². The van der Waals surface area contributed by atoms with Gasteiger partial charge in [-0.2, -0.15) is 5.10 Å². The van der Waals surface area contributed by atoms with Crippen LogP contribution in [-0.2, 0) is 6.54 Å². The summed E-state index contributed by atoms with van der Waals surface area (Å²) < 4.78 is 1.55. The highest BCUT2D eigenvalue weighted by Gasteiger charge is 2.30. The summed E-state index contributed by atoms with van der Waals surface area (Å²) in [5, 5.41) is 7.39. The first-order valence-corrected chi connectivity index (χ1v) is 5.41. The number of nitrogens with one attached hydrogen (secondary N) is 1. The molecule has 1 aromatic rings. The monoisotopic (exact) mass is 207 g/mol. The van der Waals surface area contributed by atoms with Gasteiger partial charge in [0.05, 0.1) is 12.7 Å². The van der Waals surface area contributed by atoms with Crippen LogP contribution in [0.15, 0.2) is 17.1 Å². The lowest BCUT2D eigenvalue weighted by Crippen LogP contribution is -2.37. The molecule has 4 heteroatoms. The van der Waals surface area contributed by atoms with Gasteiger partial charge >= 0.3 is 0 Å². The Morgan fingerprint density at radius 3 is 2.93 bits per heavy atom. The third-order valence-corrected chi connectivity index (χ3v) is 2.94. The molecule has 1 atom stereocenters. The van der Waals surface area contributed by atoms with Gasteiger partial charge < -0.3 is 5.32 Å². The summed E-state index contributed by atoms with van der Waals surface area (Å²) in [7, 11) is 1.95. The van der Waals surface area contributed by atoms with Crippen LogP contribution in [0, 0.1) is 12.8 Å². The van der Waals surface area contributed by atoms with Crippen molar-refractivity contribution in [2.75, 3.05) is 7.05 Å². The summed E-state index contributed by atoms with van der Waals surface area (Å²) in [4.78, 5) is 11.6. The number of nitrogens with zero attached hydrogens (tertiary/aromatic N) is 2. The van der Waals surface area contributed by atoms with Crippen molar-refractivity contribution in [1.82, 2.24) is 15.1 Å². The predicted octanol–water partition coefficient (Wildman–Crippen LogP) is 0.550.